The summed E-state index contributed by atoms with van der Waals surface area (Å²) in [5.74, 6) is 0.808. The van der Waals surface area contributed by atoms with E-state index in [0.717, 1.165) is 42.2 Å². The molecule has 2 aromatic carbocycles. The molecule has 0 N–H and O–H groups in total. The standard InChI is InChI=1S/C24H27N3O4/c1-16(25-15-21-5-4-14-31-21)22-23(17-6-10-19(29-2)11-7-17)26-27(24(22)28)18-8-12-20(30-3)13-9-18/h6-13,21-22H,4-5,14-15H2,1-3H3/t21-,22?/m0/s1. The van der Waals surface area contributed by atoms with Gasteiger partial charge < -0.3 is 14.2 Å². The van der Waals surface area contributed by atoms with E-state index in [1.54, 1.807) is 14.2 Å². The molecule has 1 amide bonds. The number of aliphatic imine (C=N–C) groups is 1. The first kappa shape index (κ1) is 21.1. The van der Waals surface area contributed by atoms with Crippen molar-refractivity contribution in [1.29, 1.82) is 0 Å². The number of rotatable bonds is 7. The zero-order valence-electron chi connectivity index (χ0n) is 18.1. The lowest BCUT2D eigenvalue weighted by atomic mass is 9.92. The van der Waals surface area contributed by atoms with Crippen LogP contribution in [-0.2, 0) is 9.53 Å². The van der Waals surface area contributed by atoms with Gasteiger partial charge in [0.2, 0.25) is 0 Å². The first-order valence-electron chi connectivity index (χ1n) is 10.4. The number of hydrazone groups is 1. The first-order valence-corrected chi connectivity index (χ1v) is 10.4. The Labute approximate surface area is 182 Å². The molecule has 162 valence electrons. The third kappa shape index (κ3) is 4.46. The molecule has 2 heterocycles. The van der Waals surface area contributed by atoms with Gasteiger partial charge in [-0.15, -0.1) is 0 Å². The Morgan fingerprint density at radius 2 is 1.74 bits per heavy atom. The number of methoxy groups -OCH3 is 2. The van der Waals surface area contributed by atoms with Gasteiger partial charge >= 0.3 is 0 Å². The number of hydrogen-bond donors (Lipinski definition) is 0. The minimum Gasteiger partial charge on any atom is -0.497 e. The zero-order valence-corrected chi connectivity index (χ0v) is 18.1. The van der Waals surface area contributed by atoms with Gasteiger partial charge in [-0.3, -0.25) is 9.79 Å². The number of anilines is 1. The van der Waals surface area contributed by atoms with Crippen molar-refractivity contribution in [3.05, 3.63) is 54.1 Å². The van der Waals surface area contributed by atoms with Crippen molar-refractivity contribution in [2.75, 3.05) is 32.4 Å². The molecule has 1 unspecified atom stereocenters. The Hall–Kier alpha value is -3.19. The van der Waals surface area contributed by atoms with Gasteiger partial charge in [-0.05, 0) is 73.9 Å². The Morgan fingerprint density at radius 3 is 2.32 bits per heavy atom. The number of carbonyl (C=O) groups excluding carboxylic acids is 1. The van der Waals surface area contributed by atoms with Crippen LogP contribution in [0, 0.1) is 5.92 Å². The van der Waals surface area contributed by atoms with E-state index in [1.165, 1.54) is 5.01 Å². The largest absolute Gasteiger partial charge is 0.497 e. The number of hydrogen-bond acceptors (Lipinski definition) is 6. The topological polar surface area (TPSA) is 72.7 Å². The highest BCUT2D eigenvalue weighted by Gasteiger charge is 2.39. The maximum Gasteiger partial charge on any atom is 0.262 e. The van der Waals surface area contributed by atoms with Gasteiger partial charge in [-0.25, -0.2) is 0 Å². The third-order valence-electron chi connectivity index (χ3n) is 5.63. The van der Waals surface area contributed by atoms with Crippen LogP contribution in [-0.4, -0.2) is 50.8 Å². The Kier molecular flexibility index (Phi) is 6.32. The number of amides is 1. The van der Waals surface area contributed by atoms with Gasteiger partial charge in [0.25, 0.3) is 5.91 Å². The predicted molar refractivity (Wildman–Crippen MR) is 120 cm³/mol. The fourth-order valence-corrected chi connectivity index (χ4v) is 3.85. The maximum absolute atomic E-state index is 13.4. The van der Waals surface area contributed by atoms with Crippen LogP contribution in [0.15, 0.2) is 58.6 Å². The SMILES string of the molecule is COc1ccc(C2=NN(c3ccc(OC)cc3)C(=O)C2C(C)=NC[C@@H]2CCCO2)cc1. The lowest BCUT2D eigenvalue weighted by Crippen LogP contribution is -2.33. The molecule has 7 heteroatoms. The molecule has 2 aliphatic rings. The highest BCUT2D eigenvalue weighted by Crippen LogP contribution is 2.30. The van der Waals surface area contributed by atoms with Crippen molar-refractivity contribution in [2.45, 2.75) is 25.9 Å². The fraction of sp³-hybridized carbons (Fsp3) is 0.375. The van der Waals surface area contributed by atoms with Crippen LogP contribution in [0.2, 0.25) is 0 Å². The second-order valence-electron chi connectivity index (χ2n) is 7.61. The Bertz CT molecular complexity index is 977. The molecule has 0 spiro atoms. The van der Waals surface area contributed by atoms with E-state index in [1.807, 2.05) is 55.5 Å². The predicted octanol–water partition coefficient (Wildman–Crippen LogP) is 3.71. The number of benzene rings is 2. The Balaban J connectivity index is 1.67. The summed E-state index contributed by atoms with van der Waals surface area (Å²) in [6.45, 7) is 3.24. The molecule has 4 rings (SSSR count). The average Bonchev–Trinajstić information content (AvgIpc) is 3.45. The molecule has 1 saturated heterocycles. The van der Waals surface area contributed by atoms with Crippen molar-refractivity contribution in [3.8, 4) is 11.5 Å². The third-order valence-corrected chi connectivity index (χ3v) is 5.63. The Morgan fingerprint density at radius 1 is 1.10 bits per heavy atom. The fourth-order valence-electron chi connectivity index (χ4n) is 3.85. The van der Waals surface area contributed by atoms with Crippen molar-refractivity contribution < 1.29 is 19.0 Å². The minimum absolute atomic E-state index is 0.121. The van der Waals surface area contributed by atoms with Crippen LogP contribution in [0.5, 0.6) is 11.5 Å². The molecule has 2 aromatic rings. The summed E-state index contributed by atoms with van der Waals surface area (Å²) in [4.78, 5) is 18.2. The summed E-state index contributed by atoms with van der Waals surface area (Å²) in [6, 6.07) is 14.9. The van der Waals surface area contributed by atoms with Gasteiger partial charge in [0, 0.05) is 12.3 Å². The summed E-state index contributed by atoms with van der Waals surface area (Å²) in [5.41, 5.74) is 2.97. The first-order chi connectivity index (χ1) is 15.1. The summed E-state index contributed by atoms with van der Waals surface area (Å²) < 4.78 is 16.2. The van der Waals surface area contributed by atoms with Gasteiger partial charge in [-0.2, -0.15) is 10.1 Å². The van der Waals surface area contributed by atoms with Crippen LogP contribution in [0.4, 0.5) is 5.69 Å². The molecule has 2 atom stereocenters. The van der Waals surface area contributed by atoms with E-state index in [2.05, 4.69) is 0 Å². The normalized spacial score (nSPS) is 21.4. The molecular weight excluding hydrogens is 394 g/mol. The summed E-state index contributed by atoms with van der Waals surface area (Å²) in [5, 5.41) is 6.16. The second kappa shape index (κ2) is 9.31. The smallest absolute Gasteiger partial charge is 0.262 e. The van der Waals surface area contributed by atoms with E-state index in [0.29, 0.717) is 17.9 Å². The van der Waals surface area contributed by atoms with Gasteiger partial charge in [0.15, 0.2) is 0 Å². The van der Waals surface area contributed by atoms with E-state index in [4.69, 9.17) is 24.3 Å². The summed E-state index contributed by atoms with van der Waals surface area (Å²) in [7, 11) is 3.24. The molecule has 7 nitrogen and oxygen atoms in total. The lowest BCUT2D eigenvalue weighted by molar-refractivity contribution is -0.118. The molecule has 0 bridgehead atoms. The molecule has 0 aromatic heterocycles. The number of nitrogens with zero attached hydrogens (tertiary/aromatic N) is 3. The average molecular weight is 421 g/mol. The van der Waals surface area contributed by atoms with Gasteiger partial charge in [0.1, 0.15) is 17.4 Å². The second-order valence-corrected chi connectivity index (χ2v) is 7.61. The minimum atomic E-state index is -0.545. The van der Waals surface area contributed by atoms with Crippen molar-refractivity contribution >= 4 is 23.0 Å². The van der Waals surface area contributed by atoms with Gasteiger partial charge in [-0.1, -0.05) is 0 Å². The highest BCUT2D eigenvalue weighted by molar-refractivity contribution is 6.32. The van der Waals surface area contributed by atoms with E-state index < -0.39 is 5.92 Å². The zero-order chi connectivity index (χ0) is 21.8. The van der Waals surface area contributed by atoms with Crippen molar-refractivity contribution in [2.24, 2.45) is 16.0 Å². The van der Waals surface area contributed by atoms with E-state index in [-0.39, 0.29) is 12.0 Å². The maximum atomic E-state index is 13.4. The molecule has 0 saturated carbocycles. The quantitative estimate of drug-likeness (QED) is 0.639. The van der Waals surface area contributed by atoms with Crippen LogP contribution >= 0.6 is 0 Å². The van der Waals surface area contributed by atoms with Crippen LogP contribution in [0.3, 0.4) is 0 Å². The molecule has 2 aliphatic heterocycles. The number of carbonyl (C=O) groups is 1. The summed E-state index contributed by atoms with van der Waals surface area (Å²) >= 11 is 0. The number of ether oxygens (including phenoxy) is 3. The van der Waals surface area contributed by atoms with Crippen molar-refractivity contribution in [3.63, 3.8) is 0 Å². The lowest BCUT2D eigenvalue weighted by Gasteiger charge is -2.16. The molecular formula is C24H27N3O4. The van der Waals surface area contributed by atoms with Crippen LogP contribution in [0.25, 0.3) is 0 Å². The monoisotopic (exact) mass is 421 g/mol. The van der Waals surface area contributed by atoms with E-state index in [9.17, 15) is 4.79 Å². The highest BCUT2D eigenvalue weighted by atomic mass is 16.5. The molecule has 1 fully saturated rings. The molecule has 0 aliphatic carbocycles. The summed E-state index contributed by atoms with van der Waals surface area (Å²) in [6.07, 6.45) is 2.20. The van der Waals surface area contributed by atoms with Gasteiger partial charge in [0.05, 0.1) is 38.3 Å². The van der Waals surface area contributed by atoms with E-state index >= 15 is 0 Å². The van der Waals surface area contributed by atoms with Crippen molar-refractivity contribution in [1.82, 2.24) is 0 Å². The molecule has 0 radical (unpaired) electrons. The van der Waals surface area contributed by atoms with Crippen LogP contribution in [0.1, 0.15) is 25.3 Å². The van der Waals surface area contributed by atoms with Crippen LogP contribution < -0.4 is 14.5 Å². The molecule has 31 heavy (non-hydrogen) atoms.